The van der Waals surface area contributed by atoms with Gasteiger partial charge in [-0.2, -0.15) is 0 Å². The fourth-order valence-electron chi connectivity index (χ4n) is 3.69. The van der Waals surface area contributed by atoms with E-state index in [1.807, 2.05) is 26.4 Å². The topological polar surface area (TPSA) is 54.2 Å². The van der Waals surface area contributed by atoms with E-state index in [0.29, 0.717) is 0 Å². The molecule has 1 aromatic carbocycles. The van der Waals surface area contributed by atoms with E-state index in [0.717, 1.165) is 44.3 Å². The Kier molecular flexibility index (Phi) is 8.60. The molecule has 0 amide bonds. The van der Waals surface area contributed by atoms with E-state index in [4.69, 9.17) is 0 Å². The summed E-state index contributed by atoms with van der Waals surface area (Å²) in [6.07, 6.45) is 9.98. The Balaban J connectivity index is 0.00000261. The number of rotatable bonds is 8. The highest BCUT2D eigenvalue weighted by atomic mass is 127. The molecule has 1 saturated carbocycles. The van der Waals surface area contributed by atoms with Crippen molar-refractivity contribution in [3.63, 3.8) is 0 Å². The van der Waals surface area contributed by atoms with Gasteiger partial charge in [0.2, 0.25) is 0 Å². The maximum Gasteiger partial charge on any atom is 0.191 e. The van der Waals surface area contributed by atoms with Crippen LogP contribution in [-0.2, 0) is 12.0 Å². The van der Waals surface area contributed by atoms with Crippen LogP contribution in [0.5, 0.6) is 0 Å². The van der Waals surface area contributed by atoms with Crippen molar-refractivity contribution in [2.75, 3.05) is 20.1 Å². The molecule has 2 aromatic rings. The Labute approximate surface area is 180 Å². The second-order valence-electron chi connectivity index (χ2n) is 7.23. The molecule has 1 heterocycles. The minimum absolute atomic E-state index is 0. The molecule has 148 valence electrons. The minimum Gasteiger partial charge on any atom is -0.356 e. The molecule has 1 aromatic heterocycles. The molecule has 0 saturated heterocycles. The highest BCUT2D eigenvalue weighted by Gasteiger charge is 2.38. The SMILES string of the molecule is CN=C(NCCCCn1ccnc1C)NCC1(c2ccccc2)CCC1.I. The van der Waals surface area contributed by atoms with Crippen molar-refractivity contribution in [1.29, 1.82) is 0 Å². The number of aliphatic imine (C=N–C) groups is 1. The third-order valence-corrected chi connectivity index (χ3v) is 5.56. The van der Waals surface area contributed by atoms with Gasteiger partial charge >= 0.3 is 0 Å². The molecule has 6 heteroatoms. The predicted molar refractivity (Wildman–Crippen MR) is 123 cm³/mol. The van der Waals surface area contributed by atoms with E-state index >= 15 is 0 Å². The van der Waals surface area contributed by atoms with E-state index < -0.39 is 0 Å². The molecule has 0 aliphatic heterocycles. The summed E-state index contributed by atoms with van der Waals surface area (Å²) in [7, 11) is 1.85. The number of nitrogens with one attached hydrogen (secondary N) is 2. The van der Waals surface area contributed by atoms with Crippen LogP contribution in [0.4, 0.5) is 0 Å². The maximum atomic E-state index is 4.38. The third-order valence-electron chi connectivity index (χ3n) is 5.56. The molecule has 5 nitrogen and oxygen atoms in total. The summed E-state index contributed by atoms with van der Waals surface area (Å²) < 4.78 is 2.20. The van der Waals surface area contributed by atoms with Crippen LogP contribution in [-0.4, -0.2) is 35.6 Å². The molecule has 0 bridgehead atoms. The highest BCUT2D eigenvalue weighted by Crippen LogP contribution is 2.43. The van der Waals surface area contributed by atoms with E-state index in [9.17, 15) is 0 Å². The lowest BCUT2D eigenvalue weighted by Crippen LogP contribution is -2.49. The van der Waals surface area contributed by atoms with Crippen molar-refractivity contribution in [2.24, 2.45) is 4.99 Å². The fraction of sp³-hybridized carbons (Fsp3) is 0.524. The maximum absolute atomic E-state index is 4.38. The fourth-order valence-corrected chi connectivity index (χ4v) is 3.69. The van der Waals surface area contributed by atoms with Gasteiger partial charge in [0.05, 0.1) is 0 Å². The summed E-state index contributed by atoms with van der Waals surface area (Å²) in [5, 5.41) is 7.00. The number of hydrogen-bond donors (Lipinski definition) is 2. The summed E-state index contributed by atoms with van der Waals surface area (Å²) >= 11 is 0. The van der Waals surface area contributed by atoms with Crippen LogP contribution in [0.2, 0.25) is 0 Å². The quantitative estimate of drug-likeness (QED) is 0.261. The molecule has 27 heavy (non-hydrogen) atoms. The van der Waals surface area contributed by atoms with Gasteiger partial charge in [0.15, 0.2) is 5.96 Å². The molecule has 0 unspecified atom stereocenters. The smallest absolute Gasteiger partial charge is 0.191 e. The van der Waals surface area contributed by atoms with E-state index in [1.165, 1.54) is 24.8 Å². The molecule has 0 atom stereocenters. The standard InChI is InChI=1S/C21H31N5.HI/c1-18-23-14-16-26(18)15-7-6-13-24-20(22-2)25-17-21(11-8-12-21)19-9-4-3-5-10-19;/h3-5,9-10,14,16H,6-8,11-13,15,17H2,1-2H3,(H2,22,24,25);1H. The van der Waals surface area contributed by atoms with Crippen LogP contribution in [0.25, 0.3) is 0 Å². The predicted octanol–water partition coefficient (Wildman–Crippen LogP) is 3.88. The average Bonchev–Trinajstić information content (AvgIpc) is 3.04. The molecule has 0 spiro atoms. The number of imidazole rings is 1. The lowest BCUT2D eigenvalue weighted by Gasteiger charge is -2.43. The van der Waals surface area contributed by atoms with Crippen LogP contribution < -0.4 is 10.6 Å². The van der Waals surface area contributed by atoms with Crippen LogP contribution >= 0.6 is 24.0 Å². The number of aromatic nitrogens is 2. The lowest BCUT2D eigenvalue weighted by molar-refractivity contribution is 0.244. The second-order valence-corrected chi connectivity index (χ2v) is 7.23. The summed E-state index contributed by atoms with van der Waals surface area (Å²) in [6, 6.07) is 10.9. The first-order chi connectivity index (χ1) is 12.7. The van der Waals surface area contributed by atoms with Gasteiger partial charge in [-0.3, -0.25) is 4.99 Å². The Morgan fingerprint density at radius 2 is 1.96 bits per heavy atom. The van der Waals surface area contributed by atoms with Crippen molar-refractivity contribution < 1.29 is 0 Å². The molecule has 2 N–H and O–H groups in total. The van der Waals surface area contributed by atoms with E-state index in [1.54, 1.807) is 0 Å². The van der Waals surface area contributed by atoms with Crippen molar-refractivity contribution in [3.05, 3.63) is 54.1 Å². The zero-order valence-corrected chi connectivity index (χ0v) is 18.8. The van der Waals surface area contributed by atoms with Gasteiger partial charge in [-0.25, -0.2) is 4.98 Å². The van der Waals surface area contributed by atoms with Crippen molar-refractivity contribution in [2.45, 2.75) is 51.0 Å². The number of unbranched alkanes of at least 4 members (excludes halogenated alkanes) is 1. The Bertz CT molecular complexity index is 706. The summed E-state index contributed by atoms with van der Waals surface area (Å²) in [6.45, 7) is 4.96. The van der Waals surface area contributed by atoms with Crippen LogP contribution in [0, 0.1) is 6.92 Å². The third kappa shape index (κ3) is 5.70. The number of guanidine groups is 1. The lowest BCUT2D eigenvalue weighted by atomic mass is 9.64. The Morgan fingerprint density at radius 1 is 1.19 bits per heavy atom. The highest BCUT2D eigenvalue weighted by molar-refractivity contribution is 14.0. The number of aryl methyl sites for hydroxylation is 2. The van der Waals surface area contributed by atoms with Crippen LogP contribution in [0.1, 0.15) is 43.5 Å². The summed E-state index contributed by atoms with van der Waals surface area (Å²) in [4.78, 5) is 8.65. The first-order valence-electron chi connectivity index (χ1n) is 9.71. The van der Waals surface area contributed by atoms with Crippen LogP contribution in [0.3, 0.4) is 0 Å². The number of hydrogen-bond acceptors (Lipinski definition) is 2. The Morgan fingerprint density at radius 3 is 2.56 bits per heavy atom. The second kappa shape index (κ2) is 10.7. The van der Waals surface area contributed by atoms with Gasteiger partial charge in [0.25, 0.3) is 0 Å². The van der Waals surface area contributed by atoms with Crippen LogP contribution in [0.15, 0.2) is 47.7 Å². The monoisotopic (exact) mass is 481 g/mol. The summed E-state index contributed by atoms with van der Waals surface area (Å²) in [5.41, 5.74) is 1.72. The van der Waals surface area contributed by atoms with Crippen molar-refractivity contribution in [3.8, 4) is 0 Å². The normalized spacial score (nSPS) is 15.6. The molecule has 0 radical (unpaired) electrons. The average molecular weight is 481 g/mol. The molecule has 1 aliphatic carbocycles. The van der Waals surface area contributed by atoms with Gasteiger partial charge in [0.1, 0.15) is 5.82 Å². The Hall–Kier alpha value is -1.57. The molecule has 3 rings (SSSR count). The number of halogens is 1. The number of nitrogens with zero attached hydrogens (tertiary/aromatic N) is 3. The first-order valence-corrected chi connectivity index (χ1v) is 9.71. The molecular formula is C21H32IN5. The van der Waals surface area contributed by atoms with E-state index in [2.05, 4.69) is 55.5 Å². The van der Waals surface area contributed by atoms with Gasteiger partial charge in [-0.15, -0.1) is 24.0 Å². The van der Waals surface area contributed by atoms with Gasteiger partial charge in [0, 0.05) is 44.5 Å². The van der Waals surface area contributed by atoms with Gasteiger partial charge < -0.3 is 15.2 Å². The van der Waals surface area contributed by atoms with Gasteiger partial charge in [-0.05, 0) is 38.2 Å². The largest absolute Gasteiger partial charge is 0.356 e. The summed E-state index contributed by atoms with van der Waals surface area (Å²) in [5.74, 6) is 1.99. The molecule has 1 aliphatic rings. The van der Waals surface area contributed by atoms with Gasteiger partial charge in [-0.1, -0.05) is 36.8 Å². The van der Waals surface area contributed by atoms with Crippen molar-refractivity contribution in [1.82, 2.24) is 20.2 Å². The number of benzene rings is 1. The zero-order chi connectivity index (χ0) is 18.2. The van der Waals surface area contributed by atoms with Crippen molar-refractivity contribution >= 4 is 29.9 Å². The van der Waals surface area contributed by atoms with E-state index in [-0.39, 0.29) is 29.4 Å². The first kappa shape index (κ1) is 21.7. The zero-order valence-electron chi connectivity index (χ0n) is 16.4. The molecule has 1 fully saturated rings. The molecular weight excluding hydrogens is 449 g/mol. The minimum atomic E-state index is 0.